The zero-order chi connectivity index (χ0) is 19.8. The Morgan fingerprint density at radius 3 is 2.15 bits per heavy atom. The standard InChI is InChI=1S/C21H26N2O4/c1-14(2)18-7-5-6-8-19(18)27-13-21(25)23-22-20(24)12-26-17-10-9-15(3)16(4)11-17/h5-11,14H,12-13H2,1-4H3,(H,22,24)(H,23,25). The second-order valence-electron chi connectivity index (χ2n) is 6.61. The zero-order valence-corrected chi connectivity index (χ0v) is 16.2. The van der Waals surface area contributed by atoms with Gasteiger partial charge in [-0.1, -0.05) is 38.1 Å². The number of ether oxygens (including phenoxy) is 2. The molecule has 2 aromatic rings. The summed E-state index contributed by atoms with van der Waals surface area (Å²) in [6.07, 6.45) is 0. The summed E-state index contributed by atoms with van der Waals surface area (Å²) in [4.78, 5) is 23.7. The van der Waals surface area contributed by atoms with E-state index in [9.17, 15) is 9.59 Å². The lowest BCUT2D eigenvalue weighted by molar-refractivity contribution is -0.131. The topological polar surface area (TPSA) is 76.7 Å². The minimum Gasteiger partial charge on any atom is -0.484 e. The molecular weight excluding hydrogens is 344 g/mol. The molecule has 0 unspecified atom stereocenters. The number of carbonyl (C=O) groups is 2. The van der Waals surface area contributed by atoms with Crippen molar-refractivity contribution in [1.29, 1.82) is 0 Å². The normalized spacial score (nSPS) is 10.4. The Bertz CT molecular complexity index is 803. The highest BCUT2D eigenvalue weighted by molar-refractivity contribution is 5.83. The van der Waals surface area contributed by atoms with Crippen molar-refractivity contribution >= 4 is 11.8 Å². The van der Waals surface area contributed by atoms with E-state index in [-0.39, 0.29) is 19.1 Å². The van der Waals surface area contributed by atoms with Crippen LogP contribution in [0, 0.1) is 13.8 Å². The van der Waals surface area contributed by atoms with E-state index < -0.39 is 11.8 Å². The quantitative estimate of drug-likeness (QED) is 0.735. The van der Waals surface area contributed by atoms with Gasteiger partial charge in [0.25, 0.3) is 11.8 Å². The van der Waals surface area contributed by atoms with Crippen LogP contribution < -0.4 is 20.3 Å². The molecule has 27 heavy (non-hydrogen) atoms. The van der Waals surface area contributed by atoms with Crippen LogP contribution in [0.4, 0.5) is 0 Å². The first kappa shape index (κ1) is 20.3. The van der Waals surface area contributed by atoms with Gasteiger partial charge in [0.1, 0.15) is 11.5 Å². The third-order valence-corrected chi connectivity index (χ3v) is 4.09. The first-order valence-corrected chi connectivity index (χ1v) is 8.86. The van der Waals surface area contributed by atoms with Crippen LogP contribution in [0.2, 0.25) is 0 Å². The number of carbonyl (C=O) groups excluding carboxylic acids is 2. The van der Waals surface area contributed by atoms with Crippen LogP contribution in [-0.4, -0.2) is 25.0 Å². The van der Waals surface area contributed by atoms with Crippen LogP contribution in [-0.2, 0) is 9.59 Å². The van der Waals surface area contributed by atoms with E-state index in [0.717, 1.165) is 16.7 Å². The SMILES string of the molecule is Cc1ccc(OCC(=O)NNC(=O)COc2ccccc2C(C)C)cc1C. The number of nitrogens with one attached hydrogen (secondary N) is 2. The summed E-state index contributed by atoms with van der Waals surface area (Å²) in [5.41, 5.74) is 7.88. The second kappa shape index (κ2) is 9.62. The number of hydrogen-bond donors (Lipinski definition) is 2. The second-order valence-corrected chi connectivity index (χ2v) is 6.61. The fourth-order valence-corrected chi connectivity index (χ4v) is 2.40. The lowest BCUT2D eigenvalue weighted by Gasteiger charge is -2.14. The minimum absolute atomic E-state index is 0.192. The third-order valence-electron chi connectivity index (χ3n) is 4.09. The highest BCUT2D eigenvalue weighted by Gasteiger charge is 2.10. The molecule has 0 aliphatic heterocycles. The summed E-state index contributed by atoms with van der Waals surface area (Å²) in [6, 6.07) is 13.2. The van der Waals surface area contributed by atoms with Crippen LogP contribution in [0.5, 0.6) is 11.5 Å². The molecule has 0 aliphatic carbocycles. The smallest absolute Gasteiger partial charge is 0.276 e. The molecule has 0 radical (unpaired) electrons. The van der Waals surface area contributed by atoms with Gasteiger partial charge in [0, 0.05) is 0 Å². The molecule has 0 saturated carbocycles. The Balaban J connectivity index is 1.73. The number of aryl methyl sites for hydroxylation is 2. The van der Waals surface area contributed by atoms with Crippen molar-refractivity contribution < 1.29 is 19.1 Å². The molecule has 0 heterocycles. The van der Waals surface area contributed by atoms with Crippen LogP contribution >= 0.6 is 0 Å². The maximum atomic E-state index is 11.9. The van der Waals surface area contributed by atoms with Crippen molar-refractivity contribution in [3.05, 3.63) is 59.2 Å². The molecule has 2 rings (SSSR count). The zero-order valence-electron chi connectivity index (χ0n) is 16.2. The monoisotopic (exact) mass is 370 g/mol. The predicted octanol–water partition coefficient (Wildman–Crippen LogP) is 3.03. The van der Waals surface area contributed by atoms with Crippen LogP contribution in [0.25, 0.3) is 0 Å². The summed E-state index contributed by atoms with van der Waals surface area (Å²) in [6.45, 7) is 7.70. The van der Waals surface area contributed by atoms with Gasteiger partial charge in [-0.25, -0.2) is 0 Å². The number of rotatable bonds is 7. The summed E-state index contributed by atoms with van der Waals surface area (Å²) in [7, 11) is 0. The lowest BCUT2D eigenvalue weighted by atomic mass is 10.0. The largest absolute Gasteiger partial charge is 0.484 e. The Morgan fingerprint density at radius 1 is 0.889 bits per heavy atom. The molecule has 0 bridgehead atoms. The number of amides is 2. The lowest BCUT2D eigenvalue weighted by Crippen LogP contribution is -2.45. The van der Waals surface area contributed by atoms with Gasteiger partial charge in [0.15, 0.2) is 13.2 Å². The summed E-state index contributed by atoms with van der Waals surface area (Å²) >= 11 is 0. The van der Waals surface area contributed by atoms with E-state index in [0.29, 0.717) is 11.5 Å². The number of hydrazine groups is 1. The van der Waals surface area contributed by atoms with Gasteiger partial charge in [0.2, 0.25) is 0 Å². The Hall–Kier alpha value is -3.02. The van der Waals surface area contributed by atoms with Crippen molar-refractivity contribution in [2.75, 3.05) is 13.2 Å². The molecule has 6 heteroatoms. The van der Waals surface area contributed by atoms with Gasteiger partial charge in [-0.2, -0.15) is 0 Å². The van der Waals surface area contributed by atoms with Crippen LogP contribution in [0.3, 0.4) is 0 Å². The summed E-state index contributed by atoms with van der Waals surface area (Å²) in [5, 5.41) is 0. The number of para-hydroxylation sites is 1. The molecule has 0 aromatic heterocycles. The van der Waals surface area contributed by atoms with Crippen molar-refractivity contribution in [2.24, 2.45) is 0 Å². The first-order valence-electron chi connectivity index (χ1n) is 8.86. The molecule has 0 spiro atoms. The van der Waals surface area contributed by atoms with Gasteiger partial charge in [-0.3, -0.25) is 20.4 Å². The average molecular weight is 370 g/mol. The van der Waals surface area contributed by atoms with Crippen molar-refractivity contribution in [2.45, 2.75) is 33.6 Å². The van der Waals surface area contributed by atoms with Gasteiger partial charge < -0.3 is 9.47 Å². The van der Waals surface area contributed by atoms with Gasteiger partial charge >= 0.3 is 0 Å². The van der Waals surface area contributed by atoms with Crippen LogP contribution in [0.15, 0.2) is 42.5 Å². The maximum absolute atomic E-state index is 11.9. The van der Waals surface area contributed by atoms with Gasteiger partial charge in [0.05, 0.1) is 0 Å². The molecule has 144 valence electrons. The number of benzene rings is 2. The molecule has 2 N–H and O–H groups in total. The number of hydrogen-bond acceptors (Lipinski definition) is 4. The van der Waals surface area contributed by atoms with E-state index in [4.69, 9.17) is 9.47 Å². The molecule has 2 amide bonds. The van der Waals surface area contributed by atoms with E-state index >= 15 is 0 Å². The first-order chi connectivity index (χ1) is 12.9. The van der Waals surface area contributed by atoms with Gasteiger partial charge in [-0.05, 0) is 54.7 Å². The molecule has 6 nitrogen and oxygen atoms in total. The summed E-state index contributed by atoms with van der Waals surface area (Å²) < 4.78 is 11.0. The Labute approximate surface area is 159 Å². The Morgan fingerprint density at radius 2 is 1.52 bits per heavy atom. The minimum atomic E-state index is -0.454. The molecule has 0 fully saturated rings. The van der Waals surface area contributed by atoms with Crippen LogP contribution in [0.1, 0.15) is 36.5 Å². The fraction of sp³-hybridized carbons (Fsp3) is 0.333. The Kier molecular flexibility index (Phi) is 7.23. The predicted molar refractivity (Wildman–Crippen MR) is 104 cm³/mol. The van der Waals surface area contributed by atoms with Crippen molar-refractivity contribution in [1.82, 2.24) is 10.9 Å². The average Bonchev–Trinajstić information content (AvgIpc) is 2.65. The van der Waals surface area contributed by atoms with Gasteiger partial charge in [-0.15, -0.1) is 0 Å². The molecule has 0 aliphatic rings. The molecule has 0 atom stereocenters. The highest BCUT2D eigenvalue weighted by atomic mass is 16.5. The van der Waals surface area contributed by atoms with Crippen molar-refractivity contribution in [3.63, 3.8) is 0 Å². The molecule has 0 saturated heterocycles. The van der Waals surface area contributed by atoms with Crippen molar-refractivity contribution in [3.8, 4) is 11.5 Å². The maximum Gasteiger partial charge on any atom is 0.276 e. The third kappa shape index (κ3) is 6.33. The van der Waals surface area contributed by atoms with E-state index in [1.54, 1.807) is 6.07 Å². The van der Waals surface area contributed by atoms with E-state index in [1.807, 2.05) is 50.2 Å². The fourth-order valence-electron chi connectivity index (χ4n) is 2.40. The molecule has 2 aromatic carbocycles. The molecular formula is C21H26N2O4. The summed E-state index contributed by atoms with van der Waals surface area (Å²) in [5.74, 6) is 0.643. The van der Waals surface area contributed by atoms with E-state index in [1.165, 1.54) is 0 Å². The van der Waals surface area contributed by atoms with E-state index in [2.05, 4.69) is 24.7 Å². The highest BCUT2D eigenvalue weighted by Crippen LogP contribution is 2.25.